The molecule has 1 aliphatic rings. The van der Waals surface area contributed by atoms with Gasteiger partial charge in [0.05, 0.1) is 12.3 Å². The molecule has 146 valence electrons. The number of esters is 2. The second-order valence-electron chi connectivity index (χ2n) is 8.47. The molecule has 0 aromatic carbocycles. The van der Waals surface area contributed by atoms with Gasteiger partial charge >= 0.3 is 11.9 Å². The summed E-state index contributed by atoms with van der Waals surface area (Å²) >= 11 is 0. The Kier molecular flexibility index (Phi) is 8.36. The molecular formula is C20H35FO4. The smallest absolute Gasteiger partial charge is 0.309 e. The summed E-state index contributed by atoms with van der Waals surface area (Å²) in [5.74, 6) is -0.705. The fraction of sp³-hybridized carbons (Fsp3) is 0.900. The van der Waals surface area contributed by atoms with E-state index in [1.54, 1.807) is 0 Å². The number of ether oxygens (including phenoxy) is 2. The van der Waals surface area contributed by atoms with Crippen LogP contribution in [0, 0.1) is 17.3 Å². The summed E-state index contributed by atoms with van der Waals surface area (Å²) in [5, 5.41) is 0. The van der Waals surface area contributed by atoms with Gasteiger partial charge in [-0.05, 0) is 43.4 Å². The summed E-state index contributed by atoms with van der Waals surface area (Å²) in [6.07, 6.45) is 4.98. The highest BCUT2D eigenvalue weighted by Crippen LogP contribution is 2.39. The molecular weight excluding hydrogens is 323 g/mol. The fourth-order valence-corrected chi connectivity index (χ4v) is 3.42. The summed E-state index contributed by atoms with van der Waals surface area (Å²) in [6.45, 7) is 9.60. The molecule has 1 aliphatic carbocycles. The van der Waals surface area contributed by atoms with Gasteiger partial charge in [0.15, 0.2) is 0 Å². The van der Waals surface area contributed by atoms with Gasteiger partial charge in [-0.15, -0.1) is 0 Å². The van der Waals surface area contributed by atoms with Crippen LogP contribution in [0.3, 0.4) is 0 Å². The van der Waals surface area contributed by atoms with Crippen LogP contribution in [0.15, 0.2) is 0 Å². The van der Waals surface area contributed by atoms with E-state index in [0.717, 1.165) is 25.7 Å². The lowest BCUT2D eigenvalue weighted by molar-refractivity contribution is -0.172. The third-order valence-electron chi connectivity index (χ3n) is 5.48. The number of alkyl halides is 1. The second kappa shape index (κ2) is 9.54. The molecule has 0 spiro atoms. The minimum Gasteiger partial charge on any atom is -0.463 e. The minimum absolute atomic E-state index is 0.0285. The van der Waals surface area contributed by atoms with Crippen LogP contribution in [0.5, 0.6) is 0 Å². The molecule has 5 heteroatoms. The standard InChI is InChI=1S/C20H35FO4/c1-6-19(4,5)13-16(15(2)3)18(23)25-20(9-7-8-10-20)14-17(22)24-12-11-21/h15-16H,6-14H2,1-5H3. The lowest BCUT2D eigenvalue weighted by Crippen LogP contribution is -2.39. The third kappa shape index (κ3) is 6.95. The van der Waals surface area contributed by atoms with Crippen molar-refractivity contribution in [2.75, 3.05) is 13.3 Å². The van der Waals surface area contributed by atoms with Crippen LogP contribution in [0.4, 0.5) is 4.39 Å². The molecule has 0 aromatic rings. The molecule has 1 rings (SSSR count). The molecule has 0 bridgehead atoms. The molecule has 1 unspecified atom stereocenters. The van der Waals surface area contributed by atoms with Crippen molar-refractivity contribution in [1.82, 2.24) is 0 Å². The molecule has 0 N–H and O–H groups in total. The maximum Gasteiger partial charge on any atom is 0.309 e. The first-order valence-corrected chi connectivity index (χ1v) is 9.59. The Hall–Kier alpha value is -1.13. The van der Waals surface area contributed by atoms with Crippen molar-refractivity contribution in [2.24, 2.45) is 17.3 Å². The lowest BCUT2D eigenvalue weighted by atomic mass is 9.77. The largest absolute Gasteiger partial charge is 0.463 e. The van der Waals surface area contributed by atoms with E-state index in [-0.39, 0.29) is 36.2 Å². The van der Waals surface area contributed by atoms with Gasteiger partial charge < -0.3 is 9.47 Å². The molecule has 1 atom stereocenters. The molecule has 0 aliphatic heterocycles. The monoisotopic (exact) mass is 358 g/mol. The number of hydrogen-bond acceptors (Lipinski definition) is 4. The molecule has 25 heavy (non-hydrogen) atoms. The second-order valence-corrected chi connectivity index (χ2v) is 8.47. The predicted molar refractivity (Wildman–Crippen MR) is 95.9 cm³/mol. The van der Waals surface area contributed by atoms with Crippen molar-refractivity contribution < 1.29 is 23.5 Å². The Balaban J connectivity index is 2.81. The van der Waals surface area contributed by atoms with Crippen LogP contribution in [-0.2, 0) is 19.1 Å². The van der Waals surface area contributed by atoms with Gasteiger partial charge in [0.2, 0.25) is 0 Å². The first kappa shape index (κ1) is 21.9. The van der Waals surface area contributed by atoms with Gasteiger partial charge in [-0.3, -0.25) is 9.59 Å². The SMILES string of the molecule is CCC(C)(C)CC(C(=O)OC1(CC(=O)OCCF)CCCC1)C(C)C. The van der Waals surface area contributed by atoms with E-state index in [9.17, 15) is 14.0 Å². The third-order valence-corrected chi connectivity index (χ3v) is 5.48. The Morgan fingerprint density at radius 2 is 1.80 bits per heavy atom. The average Bonchev–Trinajstić information content (AvgIpc) is 2.98. The van der Waals surface area contributed by atoms with Crippen molar-refractivity contribution >= 4 is 11.9 Å². The van der Waals surface area contributed by atoms with E-state index in [0.29, 0.717) is 12.8 Å². The molecule has 0 saturated heterocycles. The zero-order valence-electron chi connectivity index (χ0n) is 16.5. The van der Waals surface area contributed by atoms with Crippen LogP contribution < -0.4 is 0 Å². The topological polar surface area (TPSA) is 52.6 Å². The molecule has 0 radical (unpaired) electrons. The fourth-order valence-electron chi connectivity index (χ4n) is 3.42. The van der Waals surface area contributed by atoms with Crippen LogP contribution in [0.1, 0.15) is 79.6 Å². The molecule has 0 amide bonds. The van der Waals surface area contributed by atoms with Crippen molar-refractivity contribution in [3.63, 3.8) is 0 Å². The Morgan fingerprint density at radius 1 is 1.20 bits per heavy atom. The predicted octanol–water partition coefficient (Wildman–Crippen LogP) is 4.84. The van der Waals surface area contributed by atoms with Gasteiger partial charge in [-0.1, -0.05) is 41.0 Å². The number of hydrogen-bond donors (Lipinski definition) is 0. The van der Waals surface area contributed by atoms with E-state index < -0.39 is 18.2 Å². The maximum absolute atomic E-state index is 12.9. The van der Waals surface area contributed by atoms with Gasteiger partial charge in [0.25, 0.3) is 0 Å². The van der Waals surface area contributed by atoms with Gasteiger partial charge in [0.1, 0.15) is 18.9 Å². The zero-order valence-corrected chi connectivity index (χ0v) is 16.5. The summed E-state index contributed by atoms with van der Waals surface area (Å²) < 4.78 is 23.0. The van der Waals surface area contributed by atoms with Crippen molar-refractivity contribution in [2.45, 2.75) is 85.2 Å². The summed E-state index contributed by atoms with van der Waals surface area (Å²) in [7, 11) is 0. The molecule has 4 nitrogen and oxygen atoms in total. The molecule has 0 heterocycles. The average molecular weight is 358 g/mol. The number of carbonyl (C=O) groups excluding carboxylic acids is 2. The highest BCUT2D eigenvalue weighted by atomic mass is 19.1. The molecule has 1 saturated carbocycles. The lowest BCUT2D eigenvalue weighted by Gasteiger charge is -2.34. The molecule has 0 aromatic heterocycles. The first-order valence-electron chi connectivity index (χ1n) is 9.59. The first-order chi connectivity index (χ1) is 11.6. The van der Waals surface area contributed by atoms with Crippen LogP contribution in [0.2, 0.25) is 0 Å². The van der Waals surface area contributed by atoms with Gasteiger partial charge in [-0.2, -0.15) is 0 Å². The van der Waals surface area contributed by atoms with Crippen molar-refractivity contribution in [1.29, 1.82) is 0 Å². The Labute approximate surface area is 151 Å². The summed E-state index contributed by atoms with van der Waals surface area (Å²) in [5.41, 5.74) is -0.704. The Bertz CT molecular complexity index is 439. The van der Waals surface area contributed by atoms with E-state index in [4.69, 9.17) is 9.47 Å². The van der Waals surface area contributed by atoms with Gasteiger partial charge in [0, 0.05) is 0 Å². The maximum atomic E-state index is 12.9. The number of halogens is 1. The Morgan fingerprint density at radius 3 is 2.28 bits per heavy atom. The molecule has 1 fully saturated rings. The summed E-state index contributed by atoms with van der Waals surface area (Å²) in [6, 6.07) is 0. The quantitative estimate of drug-likeness (QED) is 0.524. The summed E-state index contributed by atoms with van der Waals surface area (Å²) in [4.78, 5) is 24.8. The van der Waals surface area contributed by atoms with Crippen LogP contribution >= 0.6 is 0 Å². The normalized spacial score (nSPS) is 18.2. The number of rotatable bonds is 10. The van der Waals surface area contributed by atoms with E-state index in [2.05, 4.69) is 20.8 Å². The number of carbonyl (C=O) groups is 2. The van der Waals surface area contributed by atoms with Gasteiger partial charge in [-0.25, -0.2) is 4.39 Å². The van der Waals surface area contributed by atoms with Crippen LogP contribution in [-0.4, -0.2) is 30.8 Å². The van der Waals surface area contributed by atoms with Crippen molar-refractivity contribution in [3.05, 3.63) is 0 Å². The van der Waals surface area contributed by atoms with Crippen molar-refractivity contribution in [3.8, 4) is 0 Å². The zero-order chi connectivity index (χ0) is 19.1. The minimum atomic E-state index is -0.770. The van der Waals surface area contributed by atoms with E-state index in [1.165, 1.54) is 0 Å². The highest BCUT2D eigenvalue weighted by molar-refractivity contribution is 5.75. The van der Waals surface area contributed by atoms with E-state index in [1.807, 2.05) is 13.8 Å². The highest BCUT2D eigenvalue weighted by Gasteiger charge is 2.42. The van der Waals surface area contributed by atoms with Crippen LogP contribution in [0.25, 0.3) is 0 Å². The van der Waals surface area contributed by atoms with E-state index >= 15 is 0 Å².